The molecular formula is C12H17N2O3+. The van der Waals surface area contributed by atoms with Crippen molar-refractivity contribution in [2.75, 3.05) is 0 Å². The van der Waals surface area contributed by atoms with Gasteiger partial charge in [-0.15, -0.1) is 0 Å². The number of carbonyl (C=O) groups excluding carboxylic acids is 1. The van der Waals surface area contributed by atoms with Gasteiger partial charge in [0.25, 0.3) is 0 Å². The molecule has 5 heteroatoms. The van der Waals surface area contributed by atoms with Crippen molar-refractivity contribution in [2.45, 2.75) is 31.8 Å². The molecule has 1 aromatic rings. The van der Waals surface area contributed by atoms with E-state index in [1.165, 1.54) is 0 Å². The number of aliphatic carboxylic acids is 1. The zero-order chi connectivity index (χ0) is 12.7. The van der Waals surface area contributed by atoms with Gasteiger partial charge >= 0.3 is 5.97 Å². The molecule has 0 spiro atoms. The van der Waals surface area contributed by atoms with E-state index in [-0.39, 0.29) is 0 Å². The van der Waals surface area contributed by atoms with Gasteiger partial charge < -0.3 is 10.8 Å². The smallest absolute Gasteiger partial charge is 0.320 e. The Morgan fingerprint density at radius 1 is 1.53 bits per heavy atom. The van der Waals surface area contributed by atoms with Gasteiger partial charge in [0.1, 0.15) is 12.6 Å². The Labute approximate surface area is 99.9 Å². The fourth-order valence-electron chi connectivity index (χ4n) is 1.53. The number of carboxylic acid groups (broad SMARTS) is 1. The van der Waals surface area contributed by atoms with E-state index >= 15 is 0 Å². The summed E-state index contributed by atoms with van der Waals surface area (Å²) in [6.07, 6.45) is 6.52. The van der Waals surface area contributed by atoms with E-state index in [4.69, 9.17) is 10.8 Å². The van der Waals surface area contributed by atoms with Crippen LogP contribution < -0.4 is 10.3 Å². The van der Waals surface area contributed by atoms with Crippen LogP contribution in [0.5, 0.6) is 0 Å². The predicted molar refractivity (Wildman–Crippen MR) is 61.5 cm³/mol. The molecule has 92 valence electrons. The molecule has 3 N–H and O–H groups in total. The molecule has 5 nitrogen and oxygen atoms in total. The van der Waals surface area contributed by atoms with E-state index in [0.29, 0.717) is 12.0 Å². The van der Waals surface area contributed by atoms with Crippen LogP contribution >= 0.6 is 0 Å². The van der Waals surface area contributed by atoms with Crippen molar-refractivity contribution in [3.63, 3.8) is 0 Å². The Kier molecular flexibility index (Phi) is 5.29. The maximum atomic E-state index is 10.6. The third-order valence-corrected chi connectivity index (χ3v) is 2.52. The minimum atomic E-state index is -0.958. The highest BCUT2D eigenvalue weighted by atomic mass is 16.4. The molecule has 1 aromatic heterocycles. The van der Waals surface area contributed by atoms with Crippen LogP contribution in [-0.4, -0.2) is 23.4 Å². The number of carboxylic acids is 1. The van der Waals surface area contributed by atoms with Crippen LogP contribution in [0.25, 0.3) is 0 Å². The number of carbonyl (C=O) groups is 2. The number of pyridine rings is 1. The molecule has 0 aliphatic rings. The van der Waals surface area contributed by atoms with Crippen molar-refractivity contribution < 1.29 is 19.3 Å². The van der Waals surface area contributed by atoms with Gasteiger partial charge in [-0.3, -0.25) is 9.59 Å². The lowest BCUT2D eigenvalue weighted by molar-refractivity contribution is -0.697. The van der Waals surface area contributed by atoms with Gasteiger partial charge in [0, 0.05) is 12.5 Å². The monoisotopic (exact) mass is 237 g/mol. The highest BCUT2D eigenvalue weighted by Gasteiger charge is 2.10. The van der Waals surface area contributed by atoms with Gasteiger partial charge in [-0.25, -0.2) is 4.57 Å². The van der Waals surface area contributed by atoms with Crippen LogP contribution in [0.15, 0.2) is 24.5 Å². The van der Waals surface area contributed by atoms with E-state index < -0.39 is 12.0 Å². The first-order valence-corrected chi connectivity index (χ1v) is 5.56. The Balaban J connectivity index is 2.31. The Hall–Kier alpha value is -1.75. The van der Waals surface area contributed by atoms with Crippen LogP contribution in [0.4, 0.5) is 0 Å². The molecule has 17 heavy (non-hydrogen) atoms. The fraction of sp³-hybridized carbons (Fsp3) is 0.417. The van der Waals surface area contributed by atoms with Crippen molar-refractivity contribution in [3.05, 3.63) is 30.1 Å². The lowest BCUT2D eigenvalue weighted by Gasteiger charge is -2.04. The molecule has 0 aliphatic heterocycles. The largest absolute Gasteiger partial charge is 0.480 e. The van der Waals surface area contributed by atoms with E-state index in [1.54, 1.807) is 12.3 Å². The molecular weight excluding hydrogens is 220 g/mol. The highest BCUT2D eigenvalue weighted by Crippen LogP contribution is 1.99. The first kappa shape index (κ1) is 13.3. The molecule has 0 saturated heterocycles. The molecule has 1 unspecified atom stereocenters. The second kappa shape index (κ2) is 6.75. The van der Waals surface area contributed by atoms with Crippen LogP contribution in [0, 0.1) is 0 Å². The zero-order valence-corrected chi connectivity index (χ0v) is 9.58. The van der Waals surface area contributed by atoms with E-state index in [2.05, 4.69) is 0 Å². The topological polar surface area (TPSA) is 84.3 Å². The summed E-state index contributed by atoms with van der Waals surface area (Å²) in [6.45, 7) is 0.758. The van der Waals surface area contributed by atoms with Gasteiger partial charge in [-0.2, -0.15) is 0 Å². The van der Waals surface area contributed by atoms with Gasteiger partial charge in [0.05, 0.1) is 5.56 Å². The summed E-state index contributed by atoms with van der Waals surface area (Å²) in [7, 11) is 0. The SMILES string of the molecule is NC(CCCC[n+]1cccc(C=O)c1)C(=O)O. The van der Waals surface area contributed by atoms with Gasteiger partial charge in [-0.1, -0.05) is 0 Å². The van der Waals surface area contributed by atoms with Crippen molar-refractivity contribution >= 4 is 12.3 Å². The molecule has 1 rings (SSSR count). The Bertz CT molecular complexity index is 393. The number of nitrogens with zero attached hydrogens (tertiary/aromatic N) is 1. The summed E-state index contributed by atoms with van der Waals surface area (Å²) in [4.78, 5) is 21.0. The number of unbranched alkanes of at least 4 members (excludes halogenated alkanes) is 1. The Morgan fingerprint density at radius 3 is 2.94 bits per heavy atom. The highest BCUT2D eigenvalue weighted by molar-refractivity contribution is 5.73. The number of aromatic nitrogens is 1. The number of hydrogen-bond donors (Lipinski definition) is 2. The van der Waals surface area contributed by atoms with Crippen LogP contribution in [0.2, 0.25) is 0 Å². The number of hydrogen-bond acceptors (Lipinski definition) is 3. The fourth-order valence-corrected chi connectivity index (χ4v) is 1.53. The van der Waals surface area contributed by atoms with Crippen LogP contribution in [-0.2, 0) is 11.3 Å². The maximum absolute atomic E-state index is 10.6. The molecule has 0 fully saturated rings. The zero-order valence-electron chi connectivity index (χ0n) is 9.58. The number of aldehydes is 1. The lowest BCUT2D eigenvalue weighted by Crippen LogP contribution is -2.34. The summed E-state index contributed by atoms with van der Waals surface area (Å²) < 4.78 is 1.91. The summed E-state index contributed by atoms with van der Waals surface area (Å²) in [5, 5.41) is 8.60. The third-order valence-electron chi connectivity index (χ3n) is 2.52. The molecule has 1 atom stereocenters. The summed E-state index contributed by atoms with van der Waals surface area (Å²) in [5.74, 6) is -0.958. The summed E-state index contributed by atoms with van der Waals surface area (Å²) in [5.41, 5.74) is 6.02. The maximum Gasteiger partial charge on any atom is 0.320 e. The van der Waals surface area contributed by atoms with Gasteiger partial charge in [0.15, 0.2) is 18.7 Å². The number of aryl methyl sites for hydroxylation is 1. The minimum Gasteiger partial charge on any atom is -0.480 e. The van der Waals surface area contributed by atoms with Crippen molar-refractivity contribution in [1.82, 2.24) is 0 Å². The lowest BCUT2D eigenvalue weighted by atomic mass is 10.1. The van der Waals surface area contributed by atoms with Crippen molar-refractivity contribution in [2.24, 2.45) is 5.73 Å². The van der Waals surface area contributed by atoms with Gasteiger partial charge in [0.2, 0.25) is 0 Å². The molecule has 0 saturated carbocycles. The first-order valence-electron chi connectivity index (χ1n) is 5.56. The number of rotatable bonds is 7. The van der Waals surface area contributed by atoms with E-state index in [1.807, 2.05) is 16.8 Å². The second-order valence-electron chi connectivity index (χ2n) is 3.93. The average molecular weight is 237 g/mol. The van der Waals surface area contributed by atoms with E-state index in [0.717, 1.165) is 25.7 Å². The van der Waals surface area contributed by atoms with Crippen LogP contribution in [0.1, 0.15) is 29.6 Å². The van der Waals surface area contributed by atoms with Crippen molar-refractivity contribution in [1.29, 1.82) is 0 Å². The van der Waals surface area contributed by atoms with Crippen LogP contribution in [0.3, 0.4) is 0 Å². The summed E-state index contributed by atoms with van der Waals surface area (Å²) in [6, 6.07) is 2.78. The molecule has 0 radical (unpaired) electrons. The minimum absolute atomic E-state index is 0.475. The van der Waals surface area contributed by atoms with E-state index in [9.17, 15) is 9.59 Å². The quantitative estimate of drug-likeness (QED) is 0.407. The standard InChI is InChI=1S/C12H16N2O3/c13-11(12(16)17)5-1-2-6-14-7-3-4-10(8-14)9-15/h3-4,7-9,11H,1-2,5-6,13H2/p+1. The van der Waals surface area contributed by atoms with Gasteiger partial charge in [-0.05, 0) is 18.9 Å². The predicted octanol–water partition coefficient (Wildman–Crippen LogP) is 0.369. The summed E-state index contributed by atoms with van der Waals surface area (Å²) >= 11 is 0. The second-order valence-corrected chi connectivity index (χ2v) is 3.93. The molecule has 0 bridgehead atoms. The normalized spacial score (nSPS) is 12.1. The molecule has 1 heterocycles. The third kappa shape index (κ3) is 4.74. The first-order chi connectivity index (χ1) is 8.13. The molecule has 0 aromatic carbocycles. The average Bonchev–Trinajstić information content (AvgIpc) is 2.34. The van der Waals surface area contributed by atoms with Crippen molar-refractivity contribution in [3.8, 4) is 0 Å². The molecule has 0 amide bonds. The molecule has 0 aliphatic carbocycles. The Morgan fingerprint density at radius 2 is 2.29 bits per heavy atom. The number of nitrogens with two attached hydrogens (primary N) is 1.